The summed E-state index contributed by atoms with van der Waals surface area (Å²) in [5.74, 6) is 1.46. The van der Waals surface area contributed by atoms with Crippen LogP contribution in [0.2, 0.25) is 0 Å². The third kappa shape index (κ3) is 5.79. The summed E-state index contributed by atoms with van der Waals surface area (Å²) in [4.78, 5) is 29.7. The van der Waals surface area contributed by atoms with E-state index in [0.29, 0.717) is 41.6 Å². The van der Waals surface area contributed by atoms with E-state index in [1.807, 2.05) is 53.4 Å². The molecule has 7 heteroatoms. The van der Waals surface area contributed by atoms with Crippen molar-refractivity contribution in [2.24, 2.45) is 0 Å². The summed E-state index contributed by atoms with van der Waals surface area (Å²) in [7, 11) is 3.14. The number of carbonyl (C=O) groups excluding carboxylic acids is 2. The van der Waals surface area contributed by atoms with Gasteiger partial charge in [-0.3, -0.25) is 9.59 Å². The number of rotatable bonds is 7. The van der Waals surface area contributed by atoms with Gasteiger partial charge in [-0.1, -0.05) is 26.0 Å². The zero-order valence-corrected chi connectivity index (χ0v) is 21.3. The maximum absolute atomic E-state index is 13.1. The van der Waals surface area contributed by atoms with Crippen LogP contribution in [0.15, 0.2) is 66.7 Å². The Kier molecular flexibility index (Phi) is 7.78. The molecule has 1 fully saturated rings. The predicted molar refractivity (Wildman–Crippen MR) is 143 cm³/mol. The summed E-state index contributed by atoms with van der Waals surface area (Å²) < 4.78 is 10.6. The highest BCUT2D eigenvalue weighted by Crippen LogP contribution is 2.25. The number of carbonyl (C=O) groups is 2. The van der Waals surface area contributed by atoms with Crippen LogP contribution in [0.5, 0.6) is 11.5 Å². The molecule has 3 aromatic carbocycles. The second-order valence-corrected chi connectivity index (χ2v) is 9.16. The van der Waals surface area contributed by atoms with Crippen LogP contribution in [0.25, 0.3) is 0 Å². The lowest BCUT2D eigenvalue weighted by atomic mass is 10.0. The molecule has 1 N–H and O–H groups in total. The summed E-state index contributed by atoms with van der Waals surface area (Å²) in [5.41, 5.74) is 4.21. The topological polar surface area (TPSA) is 71.1 Å². The van der Waals surface area contributed by atoms with Gasteiger partial charge in [0.2, 0.25) is 0 Å². The van der Waals surface area contributed by atoms with Crippen molar-refractivity contribution in [3.05, 3.63) is 83.4 Å². The van der Waals surface area contributed by atoms with E-state index < -0.39 is 0 Å². The fraction of sp³-hybridized carbons (Fsp3) is 0.310. The quantitative estimate of drug-likeness (QED) is 0.506. The van der Waals surface area contributed by atoms with Gasteiger partial charge >= 0.3 is 0 Å². The Morgan fingerprint density at radius 3 is 1.89 bits per heavy atom. The van der Waals surface area contributed by atoms with Crippen molar-refractivity contribution in [2.45, 2.75) is 19.8 Å². The molecule has 0 atom stereocenters. The molecule has 1 saturated heterocycles. The molecule has 0 saturated carbocycles. The molecule has 0 spiro atoms. The molecule has 2 amide bonds. The molecule has 0 bridgehead atoms. The number of ether oxygens (including phenoxy) is 2. The standard InChI is InChI=1S/C29H33N3O4/c1-20(2)21-5-7-22(8-6-21)28(33)30-24-9-11-25(12-10-24)31-13-15-32(16-14-31)29(34)23-17-26(35-3)19-27(18-23)36-4/h5-12,17-20H,13-16H2,1-4H3,(H,30,33). The molecule has 1 aliphatic heterocycles. The Morgan fingerprint density at radius 2 is 1.36 bits per heavy atom. The summed E-state index contributed by atoms with van der Waals surface area (Å²) in [6, 6.07) is 20.8. The third-order valence-electron chi connectivity index (χ3n) is 6.50. The van der Waals surface area contributed by atoms with Crippen LogP contribution >= 0.6 is 0 Å². The molecule has 0 aliphatic carbocycles. The van der Waals surface area contributed by atoms with Gasteiger partial charge in [0.15, 0.2) is 0 Å². The molecule has 7 nitrogen and oxygen atoms in total. The zero-order valence-electron chi connectivity index (χ0n) is 21.3. The predicted octanol–water partition coefficient (Wildman–Crippen LogP) is 5.04. The summed E-state index contributed by atoms with van der Waals surface area (Å²) in [6.07, 6.45) is 0. The molecule has 1 heterocycles. The average Bonchev–Trinajstić information content (AvgIpc) is 2.92. The van der Waals surface area contributed by atoms with Crippen molar-refractivity contribution in [1.29, 1.82) is 0 Å². The molecular weight excluding hydrogens is 454 g/mol. The van der Waals surface area contributed by atoms with E-state index in [4.69, 9.17) is 9.47 Å². The van der Waals surface area contributed by atoms with E-state index >= 15 is 0 Å². The minimum atomic E-state index is -0.126. The zero-order chi connectivity index (χ0) is 25.7. The normalized spacial score (nSPS) is 13.5. The SMILES string of the molecule is COc1cc(OC)cc(C(=O)N2CCN(c3ccc(NC(=O)c4ccc(C(C)C)cc4)cc3)CC2)c1. The van der Waals surface area contributed by atoms with Crippen LogP contribution < -0.4 is 19.7 Å². The molecule has 1 aliphatic rings. The molecular formula is C29H33N3O4. The van der Waals surface area contributed by atoms with Gasteiger partial charge in [-0.2, -0.15) is 0 Å². The Labute approximate surface area is 212 Å². The Morgan fingerprint density at radius 1 is 0.778 bits per heavy atom. The van der Waals surface area contributed by atoms with Gasteiger partial charge in [-0.05, 0) is 60.0 Å². The van der Waals surface area contributed by atoms with Crippen LogP contribution in [0, 0.1) is 0 Å². The third-order valence-corrected chi connectivity index (χ3v) is 6.50. The van der Waals surface area contributed by atoms with E-state index in [1.54, 1.807) is 32.4 Å². The van der Waals surface area contributed by atoms with Crippen molar-refractivity contribution < 1.29 is 19.1 Å². The smallest absolute Gasteiger partial charge is 0.255 e. The van der Waals surface area contributed by atoms with Crippen molar-refractivity contribution in [3.8, 4) is 11.5 Å². The summed E-state index contributed by atoms with van der Waals surface area (Å²) in [6.45, 7) is 6.94. The number of amides is 2. The minimum Gasteiger partial charge on any atom is -0.497 e. The van der Waals surface area contributed by atoms with Crippen LogP contribution in [-0.4, -0.2) is 57.1 Å². The van der Waals surface area contributed by atoms with Crippen molar-refractivity contribution in [1.82, 2.24) is 4.90 Å². The second-order valence-electron chi connectivity index (χ2n) is 9.16. The lowest BCUT2D eigenvalue weighted by Gasteiger charge is -2.36. The Balaban J connectivity index is 1.33. The lowest BCUT2D eigenvalue weighted by Crippen LogP contribution is -2.48. The highest BCUT2D eigenvalue weighted by Gasteiger charge is 2.23. The van der Waals surface area contributed by atoms with Crippen LogP contribution in [-0.2, 0) is 0 Å². The van der Waals surface area contributed by atoms with Gasteiger partial charge in [0.25, 0.3) is 11.8 Å². The van der Waals surface area contributed by atoms with Crippen LogP contribution in [0.4, 0.5) is 11.4 Å². The van der Waals surface area contributed by atoms with Crippen LogP contribution in [0.1, 0.15) is 46.0 Å². The Hall–Kier alpha value is -4.00. The molecule has 188 valence electrons. The molecule has 0 unspecified atom stereocenters. The Bertz CT molecular complexity index is 1180. The van der Waals surface area contributed by atoms with Gasteiger partial charge in [0.05, 0.1) is 14.2 Å². The highest BCUT2D eigenvalue weighted by molar-refractivity contribution is 6.04. The van der Waals surface area contributed by atoms with E-state index in [9.17, 15) is 9.59 Å². The fourth-order valence-corrected chi connectivity index (χ4v) is 4.26. The lowest BCUT2D eigenvalue weighted by molar-refractivity contribution is 0.0746. The van der Waals surface area contributed by atoms with Gasteiger partial charge in [0, 0.05) is 54.7 Å². The highest BCUT2D eigenvalue weighted by atomic mass is 16.5. The number of hydrogen-bond donors (Lipinski definition) is 1. The average molecular weight is 488 g/mol. The number of piperazine rings is 1. The second kappa shape index (κ2) is 11.2. The van der Waals surface area contributed by atoms with Crippen LogP contribution in [0.3, 0.4) is 0 Å². The molecule has 0 radical (unpaired) electrons. The number of methoxy groups -OCH3 is 2. The van der Waals surface area contributed by atoms with E-state index in [-0.39, 0.29) is 11.8 Å². The molecule has 0 aromatic heterocycles. The summed E-state index contributed by atoms with van der Waals surface area (Å²) in [5, 5.41) is 2.97. The molecule has 36 heavy (non-hydrogen) atoms. The fourth-order valence-electron chi connectivity index (χ4n) is 4.26. The monoisotopic (exact) mass is 487 g/mol. The maximum atomic E-state index is 13.1. The largest absolute Gasteiger partial charge is 0.497 e. The van der Waals surface area contributed by atoms with Crippen molar-refractivity contribution in [2.75, 3.05) is 50.6 Å². The van der Waals surface area contributed by atoms with Gasteiger partial charge in [-0.15, -0.1) is 0 Å². The van der Waals surface area contributed by atoms with Gasteiger partial charge in [0.1, 0.15) is 11.5 Å². The van der Waals surface area contributed by atoms with Gasteiger partial charge < -0.3 is 24.6 Å². The number of benzene rings is 3. The first-order chi connectivity index (χ1) is 17.4. The van der Waals surface area contributed by atoms with Crippen molar-refractivity contribution in [3.63, 3.8) is 0 Å². The number of nitrogens with zero attached hydrogens (tertiary/aromatic N) is 2. The molecule has 3 aromatic rings. The van der Waals surface area contributed by atoms with E-state index in [2.05, 4.69) is 24.1 Å². The first-order valence-electron chi connectivity index (χ1n) is 12.2. The number of anilines is 2. The minimum absolute atomic E-state index is 0.0358. The maximum Gasteiger partial charge on any atom is 0.255 e. The van der Waals surface area contributed by atoms with Gasteiger partial charge in [-0.25, -0.2) is 0 Å². The first-order valence-corrected chi connectivity index (χ1v) is 12.2. The van der Waals surface area contributed by atoms with E-state index in [1.165, 1.54) is 5.56 Å². The first kappa shape index (κ1) is 25.1. The number of hydrogen-bond acceptors (Lipinski definition) is 5. The van der Waals surface area contributed by atoms with Crippen molar-refractivity contribution >= 4 is 23.2 Å². The number of nitrogens with one attached hydrogen (secondary N) is 1. The summed E-state index contributed by atoms with van der Waals surface area (Å²) >= 11 is 0. The van der Waals surface area contributed by atoms with E-state index in [0.717, 1.165) is 24.5 Å². The molecule has 4 rings (SSSR count).